The van der Waals surface area contributed by atoms with Gasteiger partial charge in [0.2, 0.25) is 0 Å². The molecule has 3 rings (SSSR count). The van der Waals surface area contributed by atoms with E-state index in [2.05, 4.69) is 22.2 Å². The summed E-state index contributed by atoms with van der Waals surface area (Å²) in [4.78, 5) is 6.84. The van der Waals surface area contributed by atoms with Crippen LogP contribution in [0.4, 0.5) is 9.52 Å². The molecule has 1 aromatic heterocycles. The summed E-state index contributed by atoms with van der Waals surface area (Å²) in [7, 11) is 2.18. The van der Waals surface area contributed by atoms with E-state index in [1.165, 1.54) is 37.9 Å². The van der Waals surface area contributed by atoms with Gasteiger partial charge in [0.25, 0.3) is 0 Å². The molecule has 102 valence electrons. The van der Waals surface area contributed by atoms with Crippen molar-refractivity contribution < 1.29 is 4.39 Å². The third kappa shape index (κ3) is 2.87. The largest absolute Gasteiger partial charge is 0.360 e. The first-order valence-electron chi connectivity index (χ1n) is 6.72. The molecule has 1 atom stereocenters. The van der Waals surface area contributed by atoms with E-state index in [1.807, 2.05) is 0 Å². The van der Waals surface area contributed by atoms with Gasteiger partial charge < -0.3 is 10.2 Å². The molecule has 5 heteroatoms. The topological polar surface area (TPSA) is 28.2 Å². The van der Waals surface area contributed by atoms with Crippen LogP contribution in [0.1, 0.15) is 19.3 Å². The van der Waals surface area contributed by atoms with Crippen LogP contribution in [0, 0.1) is 5.82 Å². The van der Waals surface area contributed by atoms with Gasteiger partial charge in [0.05, 0.1) is 10.2 Å². The molecule has 1 aliphatic heterocycles. The van der Waals surface area contributed by atoms with Crippen LogP contribution in [-0.4, -0.2) is 36.1 Å². The summed E-state index contributed by atoms with van der Waals surface area (Å²) in [5.74, 6) is -0.226. The Balaban J connectivity index is 1.68. The van der Waals surface area contributed by atoms with Gasteiger partial charge in [-0.2, -0.15) is 0 Å². The number of nitrogens with zero attached hydrogens (tertiary/aromatic N) is 2. The van der Waals surface area contributed by atoms with Crippen LogP contribution in [0.5, 0.6) is 0 Å². The highest BCUT2D eigenvalue weighted by atomic mass is 32.1. The van der Waals surface area contributed by atoms with Crippen molar-refractivity contribution in [2.24, 2.45) is 0 Å². The summed E-state index contributed by atoms with van der Waals surface area (Å²) in [6.07, 6.45) is 3.85. The van der Waals surface area contributed by atoms with Crippen LogP contribution in [0.25, 0.3) is 10.2 Å². The number of benzene rings is 1. The number of aromatic nitrogens is 1. The lowest BCUT2D eigenvalue weighted by Gasteiger charge is -2.32. The van der Waals surface area contributed by atoms with Gasteiger partial charge in [-0.1, -0.05) is 17.8 Å². The second kappa shape index (κ2) is 5.43. The molecule has 0 bridgehead atoms. The Bertz CT molecular complexity index is 569. The number of thiazole rings is 1. The van der Waals surface area contributed by atoms with Crippen LogP contribution >= 0.6 is 11.3 Å². The summed E-state index contributed by atoms with van der Waals surface area (Å²) >= 11 is 1.59. The average Bonchev–Trinajstić information content (AvgIpc) is 2.79. The zero-order chi connectivity index (χ0) is 13.2. The van der Waals surface area contributed by atoms with Crippen LogP contribution in [0.3, 0.4) is 0 Å². The molecule has 3 nitrogen and oxygen atoms in total. The highest BCUT2D eigenvalue weighted by Crippen LogP contribution is 2.26. The van der Waals surface area contributed by atoms with Gasteiger partial charge in [0.1, 0.15) is 5.82 Å². The van der Waals surface area contributed by atoms with E-state index in [-0.39, 0.29) is 5.82 Å². The van der Waals surface area contributed by atoms with Gasteiger partial charge in [0.15, 0.2) is 5.13 Å². The minimum atomic E-state index is -0.226. The first kappa shape index (κ1) is 12.8. The van der Waals surface area contributed by atoms with Crippen molar-refractivity contribution in [2.75, 3.05) is 25.5 Å². The van der Waals surface area contributed by atoms with Crippen molar-refractivity contribution in [3.05, 3.63) is 24.0 Å². The summed E-state index contributed by atoms with van der Waals surface area (Å²) in [5, 5.41) is 4.29. The lowest BCUT2D eigenvalue weighted by molar-refractivity contribution is 0.194. The Kier molecular flexibility index (Phi) is 3.66. The predicted octanol–water partition coefficient (Wildman–Crippen LogP) is 3.33. The molecule has 1 N–H and O–H groups in total. The number of likely N-dealkylation sites (tertiary alicyclic amines) is 1. The molecule has 1 aromatic carbocycles. The molecule has 1 aliphatic rings. The highest BCUT2D eigenvalue weighted by molar-refractivity contribution is 7.22. The zero-order valence-electron chi connectivity index (χ0n) is 11.0. The summed E-state index contributed by atoms with van der Waals surface area (Å²) < 4.78 is 14.1. The minimum Gasteiger partial charge on any atom is -0.360 e. The number of hydrogen-bond acceptors (Lipinski definition) is 4. The molecule has 0 spiro atoms. The van der Waals surface area contributed by atoms with Crippen molar-refractivity contribution in [1.29, 1.82) is 0 Å². The van der Waals surface area contributed by atoms with E-state index in [1.54, 1.807) is 17.4 Å². The molecule has 1 saturated heterocycles. The van der Waals surface area contributed by atoms with Crippen molar-refractivity contribution >= 4 is 26.7 Å². The van der Waals surface area contributed by atoms with E-state index < -0.39 is 0 Å². The standard InChI is InChI=1S/C14H18FN3S/c1-18-7-3-2-4-11(18)9-16-14-17-12-8-10(15)5-6-13(12)19-14/h5-6,8,11H,2-4,7,9H2,1H3,(H,16,17). The van der Waals surface area contributed by atoms with E-state index in [9.17, 15) is 4.39 Å². The van der Waals surface area contributed by atoms with Gasteiger partial charge in [-0.15, -0.1) is 0 Å². The molecule has 19 heavy (non-hydrogen) atoms. The average molecular weight is 279 g/mol. The van der Waals surface area contributed by atoms with Gasteiger partial charge in [-0.05, 0) is 38.6 Å². The van der Waals surface area contributed by atoms with E-state index in [0.29, 0.717) is 6.04 Å². The van der Waals surface area contributed by atoms with Crippen LogP contribution in [0.2, 0.25) is 0 Å². The van der Waals surface area contributed by atoms with E-state index in [0.717, 1.165) is 21.9 Å². The smallest absolute Gasteiger partial charge is 0.183 e. The number of halogens is 1. The third-order valence-electron chi connectivity index (χ3n) is 3.76. The Morgan fingerprint density at radius 2 is 2.37 bits per heavy atom. The molecule has 2 heterocycles. The second-order valence-corrected chi connectivity index (χ2v) is 6.17. The Labute approximate surface area is 116 Å². The molecule has 2 aromatic rings. The number of rotatable bonds is 3. The van der Waals surface area contributed by atoms with Gasteiger partial charge in [-0.25, -0.2) is 9.37 Å². The normalized spacial score (nSPS) is 20.8. The predicted molar refractivity (Wildman–Crippen MR) is 78.3 cm³/mol. The fourth-order valence-corrected chi connectivity index (χ4v) is 3.44. The SMILES string of the molecule is CN1CCCCC1CNc1nc2cc(F)ccc2s1. The Morgan fingerprint density at radius 1 is 1.47 bits per heavy atom. The van der Waals surface area contributed by atoms with Crippen LogP contribution in [0.15, 0.2) is 18.2 Å². The lowest BCUT2D eigenvalue weighted by Crippen LogP contribution is -2.40. The molecule has 0 radical (unpaired) electrons. The van der Waals surface area contributed by atoms with Crippen molar-refractivity contribution in [1.82, 2.24) is 9.88 Å². The summed E-state index contributed by atoms with van der Waals surface area (Å²) in [5.41, 5.74) is 0.740. The van der Waals surface area contributed by atoms with Crippen LogP contribution < -0.4 is 5.32 Å². The summed E-state index contributed by atoms with van der Waals surface area (Å²) in [6, 6.07) is 5.35. The molecular weight excluding hydrogens is 261 g/mol. The Morgan fingerprint density at radius 3 is 3.21 bits per heavy atom. The lowest BCUT2D eigenvalue weighted by atomic mass is 10.0. The number of likely N-dealkylation sites (N-methyl/N-ethyl adjacent to an activating group) is 1. The Hall–Kier alpha value is -1.20. The van der Waals surface area contributed by atoms with E-state index >= 15 is 0 Å². The fourth-order valence-electron chi connectivity index (χ4n) is 2.58. The zero-order valence-corrected chi connectivity index (χ0v) is 11.8. The number of anilines is 1. The number of fused-ring (bicyclic) bond motifs is 1. The second-order valence-electron chi connectivity index (χ2n) is 5.14. The first-order valence-corrected chi connectivity index (χ1v) is 7.54. The maximum absolute atomic E-state index is 13.1. The maximum Gasteiger partial charge on any atom is 0.183 e. The van der Waals surface area contributed by atoms with Crippen molar-refractivity contribution in [2.45, 2.75) is 25.3 Å². The van der Waals surface area contributed by atoms with Gasteiger partial charge in [0, 0.05) is 18.7 Å². The van der Waals surface area contributed by atoms with Gasteiger partial charge in [-0.3, -0.25) is 0 Å². The number of hydrogen-bond donors (Lipinski definition) is 1. The molecule has 0 saturated carbocycles. The highest BCUT2D eigenvalue weighted by Gasteiger charge is 2.18. The number of nitrogens with one attached hydrogen (secondary N) is 1. The van der Waals surface area contributed by atoms with Crippen molar-refractivity contribution in [3.63, 3.8) is 0 Å². The molecule has 0 amide bonds. The van der Waals surface area contributed by atoms with Crippen LogP contribution in [-0.2, 0) is 0 Å². The first-order chi connectivity index (χ1) is 9.22. The molecule has 1 fully saturated rings. The quantitative estimate of drug-likeness (QED) is 0.934. The molecular formula is C14H18FN3S. The van der Waals surface area contributed by atoms with Gasteiger partial charge >= 0.3 is 0 Å². The molecule has 0 aliphatic carbocycles. The van der Waals surface area contributed by atoms with Crippen molar-refractivity contribution in [3.8, 4) is 0 Å². The van der Waals surface area contributed by atoms with E-state index in [4.69, 9.17) is 0 Å². The fraction of sp³-hybridized carbons (Fsp3) is 0.500. The maximum atomic E-state index is 13.1. The number of piperidine rings is 1. The minimum absolute atomic E-state index is 0.226. The summed E-state index contributed by atoms with van der Waals surface area (Å²) in [6.45, 7) is 2.09. The molecule has 1 unspecified atom stereocenters. The third-order valence-corrected chi connectivity index (χ3v) is 4.75. The monoisotopic (exact) mass is 279 g/mol.